The Morgan fingerprint density at radius 3 is 2.20 bits per heavy atom. The van der Waals surface area contributed by atoms with Crippen molar-refractivity contribution in [1.29, 1.82) is 0 Å². The van der Waals surface area contributed by atoms with E-state index < -0.39 is 0 Å². The van der Waals surface area contributed by atoms with Gasteiger partial charge in [-0.15, -0.1) is 11.8 Å². The quantitative estimate of drug-likeness (QED) is 0.654. The molecule has 0 saturated carbocycles. The average Bonchev–Trinajstić information content (AvgIpc) is 2.28. The van der Waals surface area contributed by atoms with E-state index in [-0.39, 0.29) is 5.60 Å². The molecule has 0 aliphatic carbocycles. The molecule has 1 N–H and O–H groups in total. The third-order valence-corrected chi connectivity index (χ3v) is 3.10. The van der Waals surface area contributed by atoms with Crippen LogP contribution in [0.1, 0.15) is 47.0 Å². The Balaban J connectivity index is 4.70. The molecule has 0 spiro atoms. The first-order valence-electron chi connectivity index (χ1n) is 5.91. The van der Waals surface area contributed by atoms with Crippen LogP contribution in [0.5, 0.6) is 0 Å². The third-order valence-electron chi connectivity index (χ3n) is 3.10. The molecule has 0 aromatic heterocycles. The van der Waals surface area contributed by atoms with Gasteiger partial charge in [0.05, 0.1) is 5.60 Å². The molecule has 0 aromatic carbocycles. The second-order valence-corrected chi connectivity index (χ2v) is 3.68. The zero-order valence-electron chi connectivity index (χ0n) is 10.8. The minimum Gasteiger partial charge on any atom is -0.374 e. The summed E-state index contributed by atoms with van der Waals surface area (Å²) in [6.45, 7) is 9.07. The summed E-state index contributed by atoms with van der Waals surface area (Å²) in [5, 5.41) is 3.34. The van der Waals surface area contributed by atoms with Crippen molar-refractivity contribution in [2.75, 3.05) is 13.7 Å². The van der Waals surface area contributed by atoms with E-state index in [9.17, 15) is 0 Å². The second-order valence-electron chi connectivity index (χ2n) is 3.68. The van der Waals surface area contributed by atoms with Crippen LogP contribution in [-0.4, -0.2) is 25.3 Å². The summed E-state index contributed by atoms with van der Waals surface area (Å²) in [7, 11) is 1.99. The van der Waals surface area contributed by atoms with Crippen molar-refractivity contribution in [3.63, 3.8) is 0 Å². The monoisotopic (exact) mass is 211 g/mol. The predicted octanol–water partition coefficient (Wildman–Crippen LogP) is 2.58. The second kappa shape index (κ2) is 7.73. The Morgan fingerprint density at radius 2 is 1.87 bits per heavy atom. The van der Waals surface area contributed by atoms with Crippen molar-refractivity contribution in [2.45, 2.75) is 58.6 Å². The molecule has 0 saturated heterocycles. The van der Waals surface area contributed by atoms with Gasteiger partial charge >= 0.3 is 0 Å². The van der Waals surface area contributed by atoms with Gasteiger partial charge in [0.2, 0.25) is 0 Å². The summed E-state index contributed by atoms with van der Waals surface area (Å²) in [6.07, 6.45) is 2.90. The molecule has 0 bridgehead atoms. The molecule has 0 rings (SSSR count). The zero-order chi connectivity index (χ0) is 11.7. The third kappa shape index (κ3) is 3.85. The SMILES string of the molecule is CC#CCC(NC)C(CC)(CC)OCC. The Labute approximate surface area is 94.8 Å². The summed E-state index contributed by atoms with van der Waals surface area (Å²) in [4.78, 5) is 0. The van der Waals surface area contributed by atoms with Gasteiger partial charge in [-0.2, -0.15) is 0 Å². The standard InChI is InChI=1S/C13H25NO/c1-6-10-11-12(14-5)13(7-2,8-3)15-9-4/h12,14H,7-9,11H2,1-5H3. The Bertz CT molecular complexity index is 210. The zero-order valence-corrected chi connectivity index (χ0v) is 10.8. The van der Waals surface area contributed by atoms with Gasteiger partial charge < -0.3 is 10.1 Å². The van der Waals surface area contributed by atoms with Crippen LogP contribution in [0, 0.1) is 11.8 Å². The van der Waals surface area contributed by atoms with Crippen molar-refractivity contribution in [2.24, 2.45) is 0 Å². The fourth-order valence-electron chi connectivity index (χ4n) is 2.09. The van der Waals surface area contributed by atoms with E-state index in [1.165, 1.54) is 0 Å². The van der Waals surface area contributed by atoms with E-state index in [1.807, 2.05) is 14.0 Å². The molecule has 0 radical (unpaired) electrons. The fraction of sp³-hybridized carbons (Fsp3) is 0.846. The smallest absolute Gasteiger partial charge is 0.0838 e. The lowest BCUT2D eigenvalue weighted by Crippen LogP contribution is -2.50. The molecule has 0 amide bonds. The first-order valence-corrected chi connectivity index (χ1v) is 5.91. The molecule has 2 heteroatoms. The van der Waals surface area contributed by atoms with Gasteiger partial charge in [0.1, 0.15) is 0 Å². The van der Waals surface area contributed by atoms with Crippen molar-refractivity contribution >= 4 is 0 Å². The molecule has 0 fully saturated rings. The molecule has 2 nitrogen and oxygen atoms in total. The Hall–Kier alpha value is -0.520. The number of ether oxygens (including phenoxy) is 1. The van der Waals surface area contributed by atoms with E-state index in [0.717, 1.165) is 25.9 Å². The van der Waals surface area contributed by atoms with E-state index in [2.05, 4.69) is 37.9 Å². The van der Waals surface area contributed by atoms with Gasteiger partial charge in [0.15, 0.2) is 0 Å². The van der Waals surface area contributed by atoms with E-state index in [0.29, 0.717) is 6.04 Å². The molecule has 0 aliphatic heterocycles. The Morgan fingerprint density at radius 1 is 1.27 bits per heavy atom. The molecule has 1 unspecified atom stereocenters. The maximum absolute atomic E-state index is 5.95. The highest BCUT2D eigenvalue weighted by atomic mass is 16.5. The molecule has 0 aliphatic rings. The number of nitrogens with one attached hydrogen (secondary N) is 1. The van der Waals surface area contributed by atoms with Gasteiger partial charge in [-0.05, 0) is 33.7 Å². The summed E-state index contributed by atoms with van der Waals surface area (Å²) >= 11 is 0. The van der Waals surface area contributed by atoms with Gasteiger partial charge in [-0.25, -0.2) is 0 Å². The molecular weight excluding hydrogens is 186 g/mol. The first kappa shape index (κ1) is 14.5. The van der Waals surface area contributed by atoms with Crippen LogP contribution in [0.15, 0.2) is 0 Å². The molecule has 0 aromatic rings. The van der Waals surface area contributed by atoms with Gasteiger partial charge in [-0.3, -0.25) is 0 Å². The number of likely N-dealkylation sites (N-methyl/N-ethyl adjacent to an activating group) is 1. The van der Waals surface area contributed by atoms with Crippen molar-refractivity contribution in [3.05, 3.63) is 0 Å². The lowest BCUT2D eigenvalue weighted by Gasteiger charge is -2.38. The van der Waals surface area contributed by atoms with Crippen LogP contribution in [0.4, 0.5) is 0 Å². The highest BCUT2D eigenvalue weighted by Gasteiger charge is 2.34. The van der Waals surface area contributed by atoms with Crippen LogP contribution in [0.2, 0.25) is 0 Å². The summed E-state index contributed by atoms with van der Waals surface area (Å²) in [5.41, 5.74) is -0.0622. The van der Waals surface area contributed by atoms with Crippen molar-refractivity contribution < 1.29 is 4.74 Å². The first-order chi connectivity index (χ1) is 7.20. The molecular formula is C13H25NO. The minimum atomic E-state index is -0.0622. The number of rotatable bonds is 7. The maximum Gasteiger partial charge on any atom is 0.0838 e. The minimum absolute atomic E-state index is 0.0622. The van der Waals surface area contributed by atoms with Crippen LogP contribution >= 0.6 is 0 Å². The van der Waals surface area contributed by atoms with Gasteiger partial charge in [0, 0.05) is 19.1 Å². The highest BCUT2D eigenvalue weighted by molar-refractivity contribution is 5.03. The van der Waals surface area contributed by atoms with Crippen LogP contribution in [-0.2, 0) is 4.74 Å². The molecule has 15 heavy (non-hydrogen) atoms. The maximum atomic E-state index is 5.95. The molecule has 88 valence electrons. The lowest BCUT2D eigenvalue weighted by atomic mass is 9.86. The molecule has 1 atom stereocenters. The van der Waals surface area contributed by atoms with Crippen LogP contribution in [0.25, 0.3) is 0 Å². The van der Waals surface area contributed by atoms with E-state index in [4.69, 9.17) is 4.74 Å². The largest absolute Gasteiger partial charge is 0.374 e. The fourth-order valence-corrected chi connectivity index (χ4v) is 2.09. The molecule has 0 heterocycles. The summed E-state index contributed by atoms with van der Waals surface area (Å²) < 4.78 is 5.95. The average molecular weight is 211 g/mol. The summed E-state index contributed by atoms with van der Waals surface area (Å²) in [6, 6.07) is 0.319. The van der Waals surface area contributed by atoms with Gasteiger partial charge in [-0.1, -0.05) is 13.8 Å². The van der Waals surface area contributed by atoms with Crippen LogP contribution in [0.3, 0.4) is 0 Å². The van der Waals surface area contributed by atoms with Crippen molar-refractivity contribution in [3.8, 4) is 11.8 Å². The normalized spacial score (nSPS) is 13.1. The highest BCUT2D eigenvalue weighted by Crippen LogP contribution is 2.26. The lowest BCUT2D eigenvalue weighted by molar-refractivity contribution is -0.0693. The number of hydrogen-bond acceptors (Lipinski definition) is 2. The van der Waals surface area contributed by atoms with E-state index >= 15 is 0 Å². The summed E-state index contributed by atoms with van der Waals surface area (Å²) in [5.74, 6) is 6.09. The van der Waals surface area contributed by atoms with E-state index in [1.54, 1.807) is 0 Å². The predicted molar refractivity (Wildman–Crippen MR) is 65.9 cm³/mol. The topological polar surface area (TPSA) is 21.3 Å². The van der Waals surface area contributed by atoms with Gasteiger partial charge in [0.25, 0.3) is 0 Å². The van der Waals surface area contributed by atoms with Crippen molar-refractivity contribution in [1.82, 2.24) is 5.32 Å². The van der Waals surface area contributed by atoms with Crippen LogP contribution < -0.4 is 5.32 Å². The number of hydrogen-bond donors (Lipinski definition) is 1. The Kier molecular flexibility index (Phi) is 7.46.